The van der Waals surface area contributed by atoms with E-state index in [1.54, 1.807) is 65.8 Å². The van der Waals surface area contributed by atoms with Crippen molar-refractivity contribution >= 4 is 56.9 Å². The zero-order chi connectivity index (χ0) is 37.7. The van der Waals surface area contributed by atoms with Crippen LogP contribution in [0.15, 0.2) is 30.9 Å². The molecule has 2 unspecified atom stereocenters. The van der Waals surface area contributed by atoms with Gasteiger partial charge in [-0.3, -0.25) is 19.1 Å². The average molecular weight is 767 g/mol. The number of tetrazole rings is 1. The van der Waals surface area contributed by atoms with Crippen molar-refractivity contribution in [2.75, 3.05) is 0 Å². The molecule has 6 atom stereocenters. The van der Waals surface area contributed by atoms with E-state index >= 15 is 0 Å². The lowest BCUT2D eigenvalue weighted by Gasteiger charge is -2.34. The number of carbonyl (C=O) groups excluding carboxylic acids is 4. The number of nitrogens with one attached hydrogen (secondary N) is 3. The molecule has 3 amide bonds. The van der Waals surface area contributed by atoms with Gasteiger partial charge in [0.25, 0.3) is 5.91 Å². The molecule has 2 aromatic rings. The number of ether oxygens (including phenoxy) is 1. The molecule has 3 saturated carbocycles. The molecule has 278 valence electrons. The van der Waals surface area contributed by atoms with Crippen molar-refractivity contribution in [3.05, 3.63) is 40.9 Å². The number of carbonyl (C=O) groups is 4. The third-order valence-electron chi connectivity index (χ3n) is 9.43. The van der Waals surface area contributed by atoms with E-state index < -0.39 is 79.4 Å². The summed E-state index contributed by atoms with van der Waals surface area (Å²) in [7, 11) is -3.90. The minimum absolute atomic E-state index is 0.0852. The highest BCUT2D eigenvalue weighted by Crippen LogP contribution is 2.49. The van der Waals surface area contributed by atoms with Crippen LogP contribution in [0.25, 0.3) is 11.4 Å². The van der Waals surface area contributed by atoms with Gasteiger partial charge in [0, 0.05) is 27.4 Å². The molecule has 51 heavy (non-hydrogen) atoms. The maximum atomic E-state index is 14.5. The second-order valence-electron chi connectivity index (χ2n) is 15.8. The fourth-order valence-electron chi connectivity index (χ4n) is 6.63. The molecular weight excluding hydrogens is 721 g/mol. The molecule has 3 N–H and O–H groups in total. The minimum Gasteiger partial charge on any atom is -0.444 e. The van der Waals surface area contributed by atoms with E-state index in [-0.39, 0.29) is 31.0 Å². The monoisotopic (exact) mass is 765 g/mol. The lowest BCUT2D eigenvalue weighted by atomic mass is 9.77. The normalized spacial score (nSPS) is 25.4. The highest BCUT2D eigenvalue weighted by Gasteiger charge is 2.62. The van der Waals surface area contributed by atoms with E-state index in [1.807, 2.05) is 0 Å². The molecule has 3 aliphatic rings. The zero-order valence-electron chi connectivity index (χ0n) is 29.5. The van der Waals surface area contributed by atoms with Crippen LogP contribution in [0, 0.1) is 23.2 Å². The van der Waals surface area contributed by atoms with Crippen molar-refractivity contribution in [2.45, 2.75) is 109 Å². The molecule has 1 aromatic carbocycles. The van der Waals surface area contributed by atoms with Gasteiger partial charge in [0.15, 0.2) is 5.78 Å². The molecule has 1 heterocycles. The minimum atomic E-state index is -3.90. The van der Waals surface area contributed by atoms with Crippen LogP contribution in [-0.4, -0.2) is 74.7 Å². The second-order valence-corrected chi connectivity index (χ2v) is 18.7. The highest BCUT2D eigenvalue weighted by molar-refractivity contribution is 7.91. The predicted octanol–water partition coefficient (Wildman–Crippen LogP) is 4.78. The van der Waals surface area contributed by atoms with Crippen molar-refractivity contribution in [1.29, 1.82) is 0 Å². The number of rotatable bonds is 12. The van der Waals surface area contributed by atoms with Gasteiger partial charge in [-0.25, -0.2) is 13.2 Å². The Morgan fingerprint density at radius 2 is 1.69 bits per heavy atom. The van der Waals surface area contributed by atoms with Crippen molar-refractivity contribution in [3.8, 4) is 11.4 Å². The predicted molar refractivity (Wildman–Crippen MR) is 190 cm³/mol. The van der Waals surface area contributed by atoms with Crippen molar-refractivity contribution in [1.82, 2.24) is 35.6 Å². The van der Waals surface area contributed by atoms with Crippen LogP contribution in [0.3, 0.4) is 0 Å². The standard InChI is InChI=1S/C34H45Cl2N7O7S/c1-8-9-19-17-34(19,30(46)41-51(48,49)23-10-11-23)38-29(45)25-16-22(43-40-28(39-42-43)18-12-20(35)14-21(36)13-18)15-24(25)26(44)27(32(2,3)4)37-31(47)50-33(5,6)7/h8,12-14,19,22-25,27H,1,9-11,15-17H2,2-7H3,(H,37,47)(H,38,45)(H,41,46)/t19-,22+,24?,25-,27?,34+/m1/s1. The number of amides is 3. The Labute approximate surface area is 307 Å². The number of sulfonamides is 1. The summed E-state index contributed by atoms with van der Waals surface area (Å²) in [5, 5.41) is 18.6. The van der Waals surface area contributed by atoms with Crippen LogP contribution in [-0.2, 0) is 29.1 Å². The Balaban J connectivity index is 1.46. The van der Waals surface area contributed by atoms with Gasteiger partial charge in [0.05, 0.1) is 17.3 Å². The van der Waals surface area contributed by atoms with Gasteiger partial charge in [0.2, 0.25) is 21.8 Å². The first-order valence-electron chi connectivity index (χ1n) is 16.9. The Morgan fingerprint density at radius 3 is 2.25 bits per heavy atom. The Hall–Kier alpha value is -3.56. The van der Waals surface area contributed by atoms with Gasteiger partial charge in [-0.15, -0.1) is 16.8 Å². The largest absolute Gasteiger partial charge is 0.444 e. The number of alkyl carbamates (subject to hydrolysis) is 1. The lowest BCUT2D eigenvalue weighted by Crippen LogP contribution is -2.56. The third-order valence-corrected chi connectivity index (χ3v) is 11.7. The Kier molecular flexibility index (Phi) is 10.7. The first kappa shape index (κ1) is 38.7. The molecule has 5 rings (SSSR count). The number of halogens is 2. The first-order valence-corrected chi connectivity index (χ1v) is 19.2. The molecule has 0 radical (unpaired) electrons. The zero-order valence-corrected chi connectivity index (χ0v) is 31.9. The molecule has 1 aromatic heterocycles. The molecule has 0 bridgehead atoms. The number of benzene rings is 1. The van der Waals surface area contributed by atoms with Crippen LogP contribution in [0.4, 0.5) is 4.79 Å². The number of aromatic nitrogens is 4. The highest BCUT2D eigenvalue weighted by atomic mass is 35.5. The van der Waals surface area contributed by atoms with Crippen LogP contribution < -0.4 is 15.4 Å². The number of nitrogens with zero attached hydrogens (tertiary/aromatic N) is 4. The molecule has 14 nitrogen and oxygen atoms in total. The fraction of sp³-hybridized carbons (Fsp3) is 0.618. The van der Waals surface area contributed by atoms with Gasteiger partial charge in [-0.1, -0.05) is 50.0 Å². The molecule has 3 aliphatic carbocycles. The van der Waals surface area contributed by atoms with E-state index in [4.69, 9.17) is 27.9 Å². The van der Waals surface area contributed by atoms with Crippen molar-refractivity contribution < 1.29 is 32.3 Å². The van der Waals surface area contributed by atoms with Crippen molar-refractivity contribution in [2.24, 2.45) is 23.2 Å². The summed E-state index contributed by atoms with van der Waals surface area (Å²) in [5.74, 6) is -3.95. The summed E-state index contributed by atoms with van der Waals surface area (Å²) in [4.78, 5) is 56.7. The van der Waals surface area contributed by atoms with E-state index in [1.165, 1.54) is 4.80 Å². The summed E-state index contributed by atoms with van der Waals surface area (Å²) < 4.78 is 33.1. The van der Waals surface area contributed by atoms with Gasteiger partial charge < -0.3 is 15.4 Å². The molecule has 3 fully saturated rings. The van der Waals surface area contributed by atoms with Gasteiger partial charge in [0.1, 0.15) is 11.1 Å². The van der Waals surface area contributed by atoms with Gasteiger partial charge in [-0.05, 0) is 94.0 Å². The van der Waals surface area contributed by atoms with Crippen LogP contribution in [0.5, 0.6) is 0 Å². The topological polar surface area (TPSA) is 191 Å². The number of hydrogen-bond acceptors (Lipinski definition) is 10. The molecule has 0 aliphatic heterocycles. The Bertz CT molecular complexity index is 1810. The smallest absolute Gasteiger partial charge is 0.408 e. The molecular formula is C34H45Cl2N7O7S. The number of ketones is 1. The van der Waals surface area contributed by atoms with Crippen molar-refractivity contribution in [3.63, 3.8) is 0 Å². The summed E-state index contributed by atoms with van der Waals surface area (Å²) in [6.45, 7) is 14.2. The first-order chi connectivity index (χ1) is 23.6. The molecule has 0 saturated heterocycles. The summed E-state index contributed by atoms with van der Waals surface area (Å²) in [6.07, 6.45) is 2.49. The average Bonchev–Trinajstić information content (AvgIpc) is 3.86. The SMILES string of the molecule is C=CC[C@@H]1C[C@@]1(NC(=O)[C@@H]1C[C@@H](n2nnc(-c3cc(Cl)cc(Cl)c3)n2)CC1C(=O)C(NC(=O)OC(C)(C)C)C(C)(C)C)C(=O)NS(=O)(=O)C1CC1. The fourth-order valence-corrected chi connectivity index (χ4v) is 8.52. The van der Waals surface area contributed by atoms with Crippen LogP contribution in [0.2, 0.25) is 10.0 Å². The third kappa shape index (κ3) is 8.91. The van der Waals surface area contributed by atoms with Crippen LogP contribution >= 0.6 is 23.2 Å². The Morgan fingerprint density at radius 1 is 1.06 bits per heavy atom. The number of hydrogen-bond donors (Lipinski definition) is 3. The quantitative estimate of drug-likeness (QED) is 0.254. The number of allylic oxidation sites excluding steroid dienone is 1. The van der Waals surface area contributed by atoms with Crippen LogP contribution in [0.1, 0.15) is 86.1 Å². The molecule has 17 heteroatoms. The summed E-state index contributed by atoms with van der Waals surface area (Å²) in [6, 6.07) is 3.18. The molecule has 0 spiro atoms. The maximum absolute atomic E-state index is 14.5. The van der Waals surface area contributed by atoms with Gasteiger partial charge in [-0.2, -0.15) is 4.80 Å². The van der Waals surface area contributed by atoms with E-state index in [0.717, 1.165) is 0 Å². The maximum Gasteiger partial charge on any atom is 0.408 e. The lowest BCUT2D eigenvalue weighted by molar-refractivity contribution is -0.137. The van der Waals surface area contributed by atoms with Gasteiger partial charge >= 0.3 is 6.09 Å². The second kappa shape index (κ2) is 14.1. The van der Waals surface area contributed by atoms with E-state index in [9.17, 15) is 27.6 Å². The van der Waals surface area contributed by atoms with E-state index in [0.29, 0.717) is 34.9 Å². The number of Topliss-reactive ketones (excluding diaryl/α,β-unsaturated/α-hetero) is 1. The summed E-state index contributed by atoms with van der Waals surface area (Å²) >= 11 is 12.4. The van der Waals surface area contributed by atoms with E-state index in [2.05, 4.69) is 37.3 Å². The summed E-state index contributed by atoms with van der Waals surface area (Å²) in [5.41, 5.74) is -2.60.